The molecule has 3 rings (SSSR count). The molecule has 0 unspecified atom stereocenters. The average molecular weight is 550 g/mol. The minimum absolute atomic E-state index is 0.106. The molecule has 8 heteroatoms. The number of nitrogens with zero attached hydrogens (tertiary/aromatic N) is 2. The van der Waals surface area contributed by atoms with Gasteiger partial charge in [-0.1, -0.05) is 92.7 Å². The molecule has 7 nitrogen and oxygen atoms in total. The third-order valence-corrected chi connectivity index (χ3v) is 7.54. The molecule has 0 fully saturated rings. The molecule has 0 heterocycles. The number of carbonyl (C=O) groups excluding carboxylic acids is 2. The Hall–Kier alpha value is -3.65. The van der Waals surface area contributed by atoms with Crippen molar-refractivity contribution < 1.29 is 18.0 Å². The maximum absolute atomic E-state index is 13.8. The largest absolute Gasteiger partial charge is 0.354 e. The van der Waals surface area contributed by atoms with E-state index in [0.29, 0.717) is 25.1 Å². The van der Waals surface area contributed by atoms with E-state index in [9.17, 15) is 18.0 Å². The van der Waals surface area contributed by atoms with Gasteiger partial charge in [-0.05, 0) is 35.6 Å². The third kappa shape index (κ3) is 9.55. The second-order valence-electron chi connectivity index (χ2n) is 10.1. The Balaban J connectivity index is 1.84. The Morgan fingerprint density at radius 2 is 1.36 bits per heavy atom. The van der Waals surface area contributed by atoms with Crippen LogP contribution < -0.4 is 9.62 Å². The van der Waals surface area contributed by atoms with Crippen LogP contribution in [0.2, 0.25) is 0 Å². The number of carbonyl (C=O) groups is 2. The van der Waals surface area contributed by atoms with E-state index >= 15 is 0 Å². The van der Waals surface area contributed by atoms with Gasteiger partial charge in [-0.3, -0.25) is 13.9 Å². The molecule has 0 aliphatic heterocycles. The number of nitrogens with one attached hydrogen (secondary N) is 1. The van der Waals surface area contributed by atoms with Crippen LogP contribution in [-0.4, -0.2) is 50.5 Å². The van der Waals surface area contributed by atoms with Gasteiger partial charge in [0.15, 0.2) is 0 Å². The molecule has 0 radical (unpaired) electrons. The van der Waals surface area contributed by atoms with Crippen LogP contribution in [-0.2, 0) is 32.6 Å². The molecule has 208 valence electrons. The van der Waals surface area contributed by atoms with Gasteiger partial charge >= 0.3 is 0 Å². The minimum Gasteiger partial charge on any atom is -0.354 e. The zero-order valence-electron chi connectivity index (χ0n) is 23.0. The van der Waals surface area contributed by atoms with Crippen LogP contribution in [0.1, 0.15) is 37.8 Å². The third-order valence-electron chi connectivity index (χ3n) is 6.35. The lowest BCUT2D eigenvalue weighted by atomic mass is 10.0. The van der Waals surface area contributed by atoms with Gasteiger partial charge < -0.3 is 10.2 Å². The number of sulfonamides is 1. The highest BCUT2D eigenvalue weighted by Crippen LogP contribution is 2.20. The molecule has 0 saturated carbocycles. The molecule has 2 amide bonds. The fourth-order valence-corrected chi connectivity index (χ4v) is 5.32. The Labute approximate surface area is 232 Å². The molecule has 3 aromatic carbocycles. The number of hydrogen-bond acceptors (Lipinski definition) is 4. The van der Waals surface area contributed by atoms with Gasteiger partial charge in [0.2, 0.25) is 21.8 Å². The van der Waals surface area contributed by atoms with Crippen LogP contribution in [0.5, 0.6) is 0 Å². The first-order valence-corrected chi connectivity index (χ1v) is 15.2. The van der Waals surface area contributed by atoms with E-state index in [0.717, 1.165) is 11.1 Å². The lowest BCUT2D eigenvalue weighted by Crippen LogP contribution is -2.51. The second-order valence-corrected chi connectivity index (χ2v) is 12.0. The molecule has 3 aromatic rings. The van der Waals surface area contributed by atoms with Crippen LogP contribution >= 0.6 is 0 Å². The molecular weight excluding hydrogens is 510 g/mol. The molecule has 1 atom stereocenters. The van der Waals surface area contributed by atoms with E-state index in [4.69, 9.17) is 0 Å². The van der Waals surface area contributed by atoms with E-state index in [1.165, 1.54) is 10.6 Å². The average Bonchev–Trinajstić information content (AvgIpc) is 2.92. The molecule has 0 saturated heterocycles. The Morgan fingerprint density at radius 3 is 1.90 bits per heavy atom. The molecule has 0 aliphatic rings. The molecule has 0 bridgehead atoms. The van der Waals surface area contributed by atoms with E-state index < -0.39 is 16.1 Å². The Bertz CT molecular complexity index is 1280. The standard InChI is InChI=1S/C31H39N3O4S/c1-25(2)23-32-31(36)29(22-26-14-7-4-8-15-26)33(24-27-16-9-5-10-17-27)30(35)20-13-21-34(39(3,37)38)28-18-11-6-12-19-28/h4-12,14-19,25,29H,13,20-24H2,1-3H3,(H,32,36)/t29-/m0/s1. The summed E-state index contributed by atoms with van der Waals surface area (Å²) in [6, 6.07) is 27.4. The predicted molar refractivity (Wildman–Crippen MR) is 157 cm³/mol. The number of benzene rings is 3. The number of rotatable bonds is 14. The van der Waals surface area contributed by atoms with Crippen molar-refractivity contribution >= 4 is 27.5 Å². The lowest BCUT2D eigenvalue weighted by Gasteiger charge is -2.32. The van der Waals surface area contributed by atoms with Gasteiger partial charge in [-0.15, -0.1) is 0 Å². The maximum Gasteiger partial charge on any atom is 0.243 e. The van der Waals surface area contributed by atoms with Crippen LogP contribution in [0, 0.1) is 5.92 Å². The van der Waals surface area contributed by atoms with Crippen molar-refractivity contribution in [3.05, 3.63) is 102 Å². The van der Waals surface area contributed by atoms with Crippen molar-refractivity contribution in [1.82, 2.24) is 10.2 Å². The first-order chi connectivity index (χ1) is 18.6. The normalized spacial score (nSPS) is 12.1. The maximum atomic E-state index is 13.8. The summed E-state index contributed by atoms with van der Waals surface area (Å²) < 4.78 is 26.3. The van der Waals surface area contributed by atoms with E-state index in [-0.39, 0.29) is 37.2 Å². The highest BCUT2D eigenvalue weighted by molar-refractivity contribution is 7.92. The smallest absolute Gasteiger partial charge is 0.243 e. The van der Waals surface area contributed by atoms with Crippen molar-refractivity contribution in [3.8, 4) is 0 Å². The highest BCUT2D eigenvalue weighted by Gasteiger charge is 2.30. The van der Waals surface area contributed by atoms with Crippen molar-refractivity contribution in [2.75, 3.05) is 23.7 Å². The zero-order chi connectivity index (χ0) is 28.3. The highest BCUT2D eigenvalue weighted by atomic mass is 32.2. The van der Waals surface area contributed by atoms with Crippen molar-refractivity contribution in [1.29, 1.82) is 0 Å². The Morgan fingerprint density at radius 1 is 0.821 bits per heavy atom. The monoisotopic (exact) mass is 549 g/mol. The summed E-state index contributed by atoms with van der Waals surface area (Å²) in [6.45, 7) is 5.01. The van der Waals surface area contributed by atoms with Crippen LogP contribution in [0.3, 0.4) is 0 Å². The van der Waals surface area contributed by atoms with Gasteiger partial charge in [0.05, 0.1) is 11.9 Å². The first-order valence-electron chi connectivity index (χ1n) is 13.3. The van der Waals surface area contributed by atoms with Gasteiger partial charge in [0.1, 0.15) is 6.04 Å². The van der Waals surface area contributed by atoms with Gasteiger partial charge in [0, 0.05) is 32.5 Å². The summed E-state index contributed by atoms with van der Waals surface area (Å²) in [7, 11) is -3.53. The predicted octanol–water partition coefficient (Wildman–Crippen LogP) is 4.65. The van der Waals surface area contributed by atoms with E-state index in [1.807, 2.05) is 80.6 Å². The first kappa shape index (κ1) is 29.9. The van der Waals surface area contributed by atoms with Crippen LogP contribution in [0.25, 0.3) is 0 Å². The fourth-order valence-electron chi connectivity index (χ4n) is 4.35. The van der Waals surface area contributed by atoms with Gasteiger partial charge in [0.25, 0.3) is 0 Å². The minimum atomic E-state index is -3.53. The summed E-state index contributed by atoms with van der Waals surface area (Å²) in [6.07, 6.45) is 1.97. The number of para-hydroxylation sites is 1. The van der Waals surface area contributed by atoms with E-state index in [1.54, 1.807) is 29.2 Å². The van der Waals surface area contributed by atoms with E-state index in [2.05, 4.69) is 5.32 Å². The molecular formula is C31H39N3O4S. The lowest BCUT2D eigenvalue weighted by molar-refractivity contribution is -0.141. The summed E-state index contributed by atoms with van der Waals surface area (Å²) >= 11 is 0. The van der Waals surface area contributed by atoms with Crippen molar-refractivity contribution in [2.45, 2.75) is 45.7 Å². The quantitative estimate of drug-likeness (QED) is 0.317. The van der Waals surface area contributed by atoms with Gasteiger partial charge in [-0.25, -0.2) is 8.42 Å². The molecule has 39 heavy (non-hydrogen) atoms. The summed E-state index contributed by atoms with van der Waals surface area (Å²) in [5, 5.41) is 3.02. The van der Waals surface area contributed by atoms with Crippen molar-refractivity contribution in [2.24, 2.45) is 5.92 Å². The summed E-state index contributed by atoms with van der Waals surface area (Å²) in [5.74, 6) is -0.121. The molecule has 0 aromatic heterocycles. The zero-order valence-corrected chi connectivity index (χ0v) is 23.8. The Kier molecular flexibility index (Phi) is 11.1. The molecule has 1 N–H and O–H groups in total. The SMILES string of the molecule is CC(C)CNC(=O)[C@H](Cc1ccccc1)N(Cc1ccccc1)C(=O)CCCN(c1ccccc1)S(C)(=O)=O. The van der Waals surface area contributed by atoms with Crippen LogP contribution in [0.4, 0.5) is 5.69 Å². The number of anilines is 1. The molecule has 0 aliphatic carbocycles. The summed E-state index contributed by atoms with van der Waals surface area (Å²) in [4.78, 5) is 28.9. The number of amides is 2. The van der Waals surface area contributed by atoms with Crippen molar-refractivity contribution in [3.63, 3.8) is 0 Å². The van der Waals surface area contributed by atoms with Gasteiger partial charge in [-0.2, -0.15) is 0 Å². The molecule has 0 spiro atoms. The topological polar surface area (TPSA) is 86.8 Å². The van der Waals surface area contributed by atoms with Crippen LogP contribution in [0.15, 0.2) is 91.0 Å². The number of hydrogen-bond donors (Lipinski definition) is 1. The fraction of sp³-hybridized carbons (Fsp3) is 0.355. The summed E-state index contributed by atoms with van der Waals surface area (Å²) in [5.41, 5.74) is 2.44. The second kappa shape index (κ2) is 14.5.